The Morgan fingerprint density at radius 3 is 2.65 bits per heavy atom. The Morgan fingerprint density at radius 1 is 1.02 bits per heavy atom. The highest BCUT2D eigenvalue weighted by molar-refractivity contribution is 7.47. The zero-order valence-electron chi connectivity index (χ0n) is 22.9. The highest BCUT2D eigenvalue weighted by atomic mass is 31.2. The van der Waals surface area contributed by atoms with Crippen LogP contribution >= 0.6 is 15.6 Å². The van der Waals surface area contributed by atoms with Crippen molar-refractivity contribution in [1.82, 2.24) is 34.1 Å². The SMILES string of the molecule is Nc1ncnc2c1ncn2[C@@H]1O[C@@]23CO[C@@H]1[C@@H]2OP(=O)(O)OC[C@H]1O[C@@H](n2cc(F)c4c(=O)[nH]cnc42)[C@H](OP(=O)(O)OC3)[C@@H]1O. The van der Waals surface area contributed by atoms with Crippen LogP contribution in [-0.4, -0.2) is 105 Å². The fraction of sp³-hybridized carbons (Fsp3) is 0.500. The first-order chi connectivity index (χ1) is 21.9. The van der Waals surface area contributed by atoms with Crippen molar-refractivity contribution in [2.24, 2.45) is 0 Å². The molecular formula is C22H23FN8O13P2. The highest BCUT2D eigenvalue weighted by Crippen LogP contribution is 2.58. The van der Waals surface area contributed by atoms with Crippen LogP contribution in [0.2, 0.25) is 0 Å². The number of hydrogen-bond donors (Lipinski definition) is 5. The van der Waals surface area contributed by atoms with E-state index in [1.165, 1.54) is 17.2 Å². The Kier molecular flexibility index (Phi) is 6.79. The van der Waals surface area contributed by atoms with Crippen molar-refractivity contribution in [1.29, 1.82) is 0 Å². The highest BCUT2D eigenvalue weighted by Gasteiger charge is 2.66. The third-order valence-electron chi connectivity index (χ3n) is 8.17. The first-order valence-corrected chi connectivity index (χ1v) is 16.5. The maximum atomic E-state index is 14.8. The maximum absolute atomic E-state index is 14.8. The Balaban J connectivity index is 1.15. The van der Waals surface area contributed by atoms with Gasteiger partial charge < -0.3 is 44.4 Å². The number of aromatic amines is 1. The second-order valence-electron chi connectivity index (χ2n) is 10.9. The molecule has 21 nitrogen and oxygen atoms in total. The average Bonchev–Trinajstić information content (AvgIpc) is 3.80. The number of aliphatic hydroxyl groups is 1. The molecule has 4 aliphatic rings. The first kappa shape index (κ1) is 30.1. The van der Waals surface area contributed by atoms with Crippen LogP contribution in [0.4, 0.5) is 10.2 Å². The number of hydrogen-bond acceptors (Lipinski definition) is 16. The molecule has 0 amide bonds. The summed E-state index contributed by atoms with van der Waals surface area (Å²) >= 11 is 0. The van der Waals surface area contributed by atoms with Crippen molar-refractivity contribution in [3.8, 4) is 0 Å². The molecule has 0 radical (unpaired) electrons. The molecule has 46 heavy (non-hydrogen) atoms. The number of anilines is 1. The monoisotopic (exact) mass is 688 g/mol. The van der Waals surface area contributed by atoms with E-state index in [-0.39, 0.29) is 29.2 Å². The Hall–Kier alpha value is -3.24. The van der Waals surface area contributed by atoms with Gasteiger partial charge in [-0.15, -0.1) is 0 Å². The molecule has 246 valence electrons. The lowest BCUT2D eigenvalue weighted by Gasteiger charge is -2.32. The maximum Gasteiger partial charge on any atom is 0.472 e. The lowest BCUT2D eigenvalue weighted by molar-refractivity contribution is -0.184. The summed E-state index contributed by atoms with van der Waals surface area (Å²) in [5, 5.41) is 10.6. The second kappa shape index (κ2) is 10.4. The zero-order chi connectivity index (χ0) is 32.2. The van der Waals surface area contributed by atoms with E-state index in [0.29, 0.717) is 0 Å². The van der Waals surface area contributed by atoms with Gasteiger partial charge in [0.15, 0.2) is 35.4 Å². The van der Waals surface area contributed by atoms with Gasteiger partial charge in [0, 0.05) is 6.20 Å². The molecule has 10 atom stereocenters. The first-order valence-electron chi connectivity index (χ1n) is 13.5. The Morgan fingerprint density at radius 2 is 1.83 bits per heavy atom. The molecule has 4 aromatic heterocycles. The molecule has 2 unspecified atom stereocenters. The van der Waals surface area contributed by atoms with E-state index in [4.69, 9.17) is 38.0 Å². The van der Waals surface area contributed by atoms with Gasteiger partial charge in [-0.3, -0.25) is 27.5 Å². The normalized spacial score (nSPS) is 39.7. The summed E-state index contributed by atoms with van der Waals surface area (Å²) in [5.74, 6) is -0.934. The number of ether oxygens (including phenoxy) is 3. The van der Waals surface area contributed by atoms with Gasteiger partial charge in [0.2, 0.25) is 0 Å². The summed E-state index contributed by atoms with van der Waals surface area (Å²) in [7, 11) is -10.2. The number of rotatable bonds is 2. The number of aromatic nitrogens is 7. The van der Waals surface area contributed by atoms with E-state index in [0.717, 1.165) is 17.1 Å². The van der Waals surface area contributed by atoms with Gasteiger partial charge in [-0.05, 0) is 0 Å². The molecule has 4 fully saturated rings. The summed E-state index contributed by atoms with van der Waals surface area (Å²) < 4.78 is 83.0. The predicted octanol–water partition coefficient (Wildman–Crippen LogP) is -0.771. The van der Waals surface area contributed by atoms with Gasteiger partial charge in [-0.1, -0.05) is 0 Å². The topological polar surface area (TPSA) is 280 Å². The van der Waals surface area contributed by atoms with E-state index in [1.54, 1.807) is 0 Å². The number of aliphatic hydroxyl groups excluding tert-OH is 1. The molecule has 0 aliphatic carbocycles. The average molecular weight is 688 g/mol. The van der Waals surface area contributed by atoms with Crippen molar-refractivity contribution in [2.45, 2.75) is 48.6 Å². The van der Waals surface area contributed by atoms with Crippen LogP contribution in [0.1, 0.15) is 12.5 Å². The van der Waals surface area contributed by atoms with Crippen LogP contribution in [0.25, 0.3) is 22.2 Å². The summed E-state index contributed by atoms with van der Waals surface area (Å²) in [6, 6.07) is 0. The van der Waals surface area contributed by atoms with Gasteiger partial charge >= 0.3 is 15.6 Å². The minimum Gasteiger partial charge on any atom is -0.387 e. The molecule has 24 heteroatoms. The lowest BCUT2D eigenvalue weighted by atomic mass is 10.0. The standard InChI is InChI=1S/C22H23FN8O13P2/c23-8-1-30(17-10(8)19(33)28-6-26-17)20-13-12(32)9(41-20)2-39-45(34,35)44-15-14-21(31-7-29-11-16(24)25-5-27-18(11)31)42-22(15,3-38-14)4-40-46(36,37)43-13/h1,5-7,9,12-15,20-21,32H,2-4H2,(H,34,35)(H,36,37)(H2,24,25,27)(H,26,28,33)/t9-,12-,13-,14-,15+,20-,21-,22-/m1/s1. The number of nitrogens with one attached hydrogen (secondary N) is 1. The van der Waals surface area contributed by atoms with Gasteiger partial charge in [0.25, 0.3) is 5.56 Å². The van der Waals surface area contributed by atoms with Crippen molar-refractivity contribution in [3.05, 3.63) is 41.3 Å². The number of nitrogens with zero attached hydrogens (tertiary/aromatic N) is 6. The molecular weight excluding hydrogens is 665 g/mol. The number of phosphoric acid groups is 2. The minimum atomic E-state index is -5.16. The predicted molar refractivity (Wildman–Crippen MR) is 144 cm³/mol. The van der Waals surface area contributed by atoms with E-state index >= 15 is 0 Å². The molecule has 8 heterocycles. The molecule has 0 aromatic carbocycles. The summed E-state index contributed by atoms with van der Waals surface area (Å²) in [6.07, 6.45) is -5.98. The number of halogens is 1. The lowest BCUT2D eigenvalue weighted by Crippen LogP contribution is -2.45. The number of phosphoric ester groups is 2. The molecule has 0 spiro atoms. The van der Waals surface area contributed by atoms with E-state index in [2.05, 4.69) is 24.9 Å². The fourth-order valence-electron chi connectivity index (χ4n) is 6.09. The Labute approximate surface area is 254 Å². The van der Waals surface area contributed by atoms with Crippen LogP contribution in [0, 0.1) is 5.82 Å². The fourth-order valence-corrected chi connectivity index (χ4v) is 8.06. The quantitative estimate of drug-likeness (QED) is 0.162. The third-order valence-corrected chi connectivity index (χ3v) is 10.1. The minimum absolute atomic E-state index is 0.0790. The van der Waals surface area contributed by atoms with Gasteiger partial charge in [0.05, 0.1) is 32.5 Å². The van der Waals surface area contributed by atoms with E-state index < -0.39 is 94.2 Å². The van der Waals surface area contributed by atoms with Crippen LogP contribution < -0.4 is 11.3 Å². The zero-order valence-corrected chi connectivity index (χ0v) is 24.7. The van der Waals surface area contributed by atoms with Gasteiger partial charge in [-0.25, -0.2) is 33.5 Å². The number of nitrogen functional groups attached to an aromatic ring is 1. The van der Waals surface area contributed by atoms with Crippen LogP contribution in [0.15, 0.2) is 30.0 Å². The number of fused-ring (bicyclic) bond motifs is 4. The Bertz CT molecular complexity index is 2030. The van der Waals surface area contributed by atoms with Gasteiger partial charge in [0.1, 0.15) is 53.4 Å². The van der Waals surface area contributed by atoms with E-state index in [9.17, 15) is 33.2 Å². The molecule has 4 bridgehead atoms. The summed E-state index contributed by atoms with van der Waals surface area (Å²) in [4.78, 5) is 52.2. The van der Waals surface area contributed by atoms with Crippen LogP contribution in [-0.2, 0) is 41.4 Å². The second-order valence-corrected chi connectivity index (χ2v) is 13.7. The molecule has 4 saturated heterocycles. The number of H-pyrrole nitrogens is 1. The van der Waals surface area contributed by atoms with Crippen molar-refractivity contribution < 1.29 is 60.7 Å². The molecule has 0 saturated carbocycles. The smallest absolute Gasteiger partial charge is 0.387 e. The molecule has 8 rings (SSSR count). The third kappa shape index (κ3) is 4.65. The van der Waals surface area contributed by atoms with E-state index in [1.807, 2.05) is 0 Å². The number of nitrogens with two attached hydrogens (primary N) is 1. The molecule has 6 N–H and O–H groups in total. The van der Waals surface area contributed by atoms with Crippen molar-refractivity contribution in [3.63, 3.8) is 0 Å². The largest absolute Gasteiger partial charge is 0.472 e. The van der Waals surface area contributed by atoms with Crippen molar-refractivity contribution >= 4 is 43.7 Å². The van der Waals surface area contributed by atoms with Crippen LogP contribution in [0.3, 0.4) is 0 Å². The molecule has 4 aliphatic heterocycles. The number of imidazole rings is 1. The summed E-state index contributed by atoms with van der Waals surface area (Å²) in [5.41, 5.74) is 3.51. The van der Waals surface area contributed by atoms with Gasteiger partial charge in [-0.2, -0.15) is 0 Å². The molecule has 4 aromatic rings. The van der Waals surface area contributed by atoms with Crippen LogP contribution in [0.5, 0.6) is 0 Å². The van der Waals surface area contributed by atoms with Crippen molar-refractivity contribution in [2.75, 3.05) is 25.6 Å². The summed E-state index contributed by atoms with van der Waals surface area (Å²) in [6.45, 7) is -1.93.